The normalized spacial score (nSPS) is 17.7. The standard InChI is InChI=1S/C26H26N6O3S/c1-19-9-8-10-20(15-19)16-22-25(34)32(21-11-4-2-5-12-21)26(27-22)36-18-23(33)28-24-17-31(29-35-24)30-13-6-3-7-14-30/h2,4-5,8-12,15-17H,3,6-7,13-14,18H2,1H3/b22-16+. The molecular weight excluding hydrogens is 476 g/mol. The topological polar surface area (TPSA) is 101 Å². The van der Waals surface area contributed by atoms with Crippen LogP contribution in [0.5, 0.6) is 0 Å². The maximum atomic E-state index is 13.3. The Bertz CT molecular complexity index is 1330. The summed E-state index contributed by atoms with van der Waals surface area (Å²) in [5.74, 6) is -0.499. The second-order valence-corrected chi connectivity index (χ2v) is 9.53. The van der Waals surface area contributed by atoms with Crippen molar-refractivity contribution in [3.05, 3.63) is 77.6 Å². The first-order valence-corrected chi connectivity index (χ1v) is 12.8. The molecule has 3 aromatic rings. The van der Waals surface area contributed by atoms with Gasteiger partial charge in [-0.05, 0) is 55.9 Å². The van der Waals surface area contributed by atoms with Crippen molar-refractivity contribution in [2.45, 2.75) is 26.2 Å². The van der Waals surface area contributed by atoms with E-state index in [4.69, 9.17) is 4.52 Å². The van der Waals surface area contributed by atoms with Gasteiger partial charge in [0.1, 0.15) is 5.70 Å². The van der Waals surface area contributed by atoms with E-state index in [2.05, 4.69) is 20.3 Å². The molecule has 0 bridgehead atoms. The van der Waals surface area contributed by atoms with E-state index in [0.29, 0.717) is 16.6 Å². The van der Waals surface area contributed by atoms with Gasteiger partial charge in [-0.3, -0.25) is 14.2 Å². The number of nitrogens with zero attached hydrogens (tertiary/aromatic N) is 6. The summed E-state index contributed by atoms with van der Waals surface area (Å²) in [6, 6.07) is 17.1. The third kappa shape index (κ3) is 5.49. The fourth-order valence-electron chi connectivity index (χ4n) is 4.09. The number of amides is 1. The van der Waals surface area contributed by atoms with Crippen molar-refractivity contribution in [1.29, 1.82) is 0 Å². The first-order valence-electron chi connectivity index (χ1n) is 11.8. The molecule has 1 amide bonds. The molecule has 0 N–H and O–H groups in total. The molecule has 10 heteroatoms. The Hall–Kier alpha value is -3.92. The summed E-state index contributed by atoms with van der Waals surface area (Å²) in [6.07, 6.45) is 6.78. The maximum Gasteiger partial charge on any atom is 0.324 e. The number of para-hydroxylation sites is 1. The van der Waals surface area contributed by atoms with Gasteiger partial charge in [0, 0.05) is 5.75 Å². The molecule has 1 aromatic heterocycles. The number of hydrogen-bond acceptors (Lipinski definition) is 8. The number of hydrogen-bond donors (Lipinski definition) is 0. The number of rotatable bonds is 6. The summed E-state index contributed by atoms with van der Waals surface area (Å²) in [5.41, 5.74) is 2.98. The van der Waals surface area contributed by atoms with Crippen LogP contribution in [0.1, 0.15) is 30.4 Å². The lowest BCUT2D eigenvalue weighted by atomic mass is 10.1. The quantitative estimate of drug-likeness (QED) is 0.222. The Balaban J connectivity index is 1.34. The van der Waals surface area contributed by atoms with E-state index in [-0.39, 0.29) is 17.5 Å². The van der Waals surface area contributed by atoms with E-state index < -0.39 is 5.90 Å². The maximum absolute atomic E-state index is 13.3. The molecule has 1 saturated heterocycles. The number of thioether (sulfide) groups is 1. The smallest absolute Gasteiger partial charge is 0.324 e. The largest absolute Gasteiger partial charge is 0.861 e. The van der Waals surface area contributed by atoms with E-state index in [0.717, 1.165) is 48.8 Å². The molecule has 2 aliphatic rings. The third-order valence-electron chi connectivity index (χ3n) is 5.82. The molecule has 9 nitrogen and oxygen atoms in total. The molecule has 2 aliphatic heterocycles. The van der Waals surface area contributed by atoms with Crippen LogP contribution < -0.4 is 19.8 Å². The predicted octanol–water partition coefficient (Wildman–Crippen LogP) is 2.96. The highest BCUT2D eigenvalue weighted by Gasteiger charge is 2.32. The zero-order valence-electron chi connectivity index (χ0n) is 19.9. The predicted molar refractivity (Wildman–Crippen MR) is 139 cm³/mol. The van der Waals surface area contributed by atoms with Crippen molar-refractivity contribution in [2.75, 3.05) is 28.8 Å². The van der Waals surface area contributed by atoms with Gasteiger partial charge in [-0.1, -0.05) is 59.8 Å². The van der Waals surface area contributed by atoms with Gasteiger partial charge in [-0.2, -0.15) is 5.01 Å². The third-order valence-corrected chi connectivity index (χ3v) is 6.74. The Morgan fingerprint density at radius 1 is 1.17 bits per heavy atom. The molecule has 5 rings (SSSR count). The molecule has 184 valence electrons. The number of piperidine rings is 1. The number of carbonyl (C=O) groups excluding carboxylic acids is 1. The van der Waals surface area contributed by atoms with Crippen molar-refractivity contribution in [1.82, 2.24) is 5.27 Å². The second kappa shape index (κ2) is 10.8. The van der Waals surface area contributed by atoms with Gasteiger partial charge >= 0.3 is 5.88 Å². The van der Waals surface area contributed by atoms with Crippen molar-refractivity contribution in [3.8, 4) is 0 Å². The highest BCUT2D eigenvalue weighted by Crippen LogP contribution is 2.29. The number of benzene rings is 2. The Kier molecular flexibility index (Phi) is 7.13. The van der Waals surface area contributed by atoms with E-state index in [9.17, 15) is 9.90 Å². The van der Waals surface area contributed by atoms with E-state index in [1.807, 2.05) is 61.5 Å². The molecule has 0 radical (unpaired) electrons. The van der Waals surface area contributed by atoms with Crippen LogP contribution in [0.15, 0.2) is 81.0 Å². The Labute approximate surface area is 213 Å². The summed E-state index contributed by atoms with van der Waals surface area (Å²) in [4.78, 5) is 25.0. The zero-order chi connectivity index (χ0) is 24.9. The van der Waals surface area contributed by atoms with E-state index in [1.165, 1.54) is 11.3 Å². The minimum Gasteiger partial charge on any atom is -0.861 e. The molecule has 0 saturated carbocycles. The fraction of sp³-hybridized carbons (Fsp3) is 0.269. The van der Waals surface area contributed by atoms with Gasteiger partial charge in [-0.15, -0.1) is 0 Å². The molecule has 3 heterocycles. The van der Waals surface area contributed by atoms with Crippen LogP contribution in [-0.2, 0) is 4.79 Å². The highest BCUT2D eigenvalue weighted by atomic mass is 32.2. The summed E-state index contributed by atoms with van der Waals surface area (Å²) >= 11 is 1.16. The molecule has 1 fully saturated rings. The van der Waals surface area contributed by atoms with Crippen LogP contribution in [-0.4, -0.2) is 41.1 Å². The minimum absolute atomic E-state index is 0.00239. The molecule has 36 heavy (non-hydrogen) atoms. The summed E-state index contributed by atoms with van der Waals surface area (Å²) in [5, 5.41) is 19.1. The second-order valence-electron chi connectivity index (χ2n) is 8.58. The van der Waals surface area contributed by atoms with Crippen LogP contribution in [0.4, 0.5) is 11.6 Å². The Morgan fingerprint density at radius 3 is 2.75 bits per heavy atom. The molecule has 0 aliphatic carbocycles. The van der Waals surface area contributed by atoms with Crippen LogP contribution in [0, 0.1) is 6.92 Å². The first-order chi connectivity index (χ1) is 17.6. The van der Waals surface area contributed by atoms with Crippen LogP contribution in [0.2, 0.25) is 0 Å². The fourth-order valence-corrected chi connectivity index (χ4v) is 4.89. The monoisotopic (exact) mass is 502 g/mol. The lowest BCUT2D eigenvalue weighted by Crippen LogP contribution is -2.60. The number of aryl methyl sites for hydroxylation is 1. The van der Waals surface area contributed by atoms with Gasteiger partial charge in [0.15, 0.2) is 5.17 Å². The average molecular weight is 503 g/mol. The van der Waals surface area contributed by atoms with E-state index in [1.54, 1.807) is 17.1 Å². The van der Waals surface area contributed by atoms with Gasteiger partial charge in [0.2, 0.25) is 5.27 Å². The number of carbonyl (C=O) groups is 1. The first kappa shape index (κ1) is 23.8. The van der Waals surface area contributed by atoms with Crippen molar-refractivity contribution < 1.29 is 19.2 Å². The summed E-state index contributed by atoms with van der Waals surface area (Å²) < 4.78 is 5.23. The lowest BCUT2D eigenvalue weighted by Gasteiger charge is -2.18. The highest BCUT2D eigenvalue weighted by molar-refractivity contribution is 8.14. The SMILES string of the molecule is Cc1cccc(/C=C2/N=C(SC/C([O-])=N\c3c[n+](N4CCCCC4)no3)N(c3ccccc3)C2=O)c1. The van der Waals surface area contributed by atoms with Gasteiger partial charge in [-0.25, -0.2) is 9.98 Å². The van der Waals surface area contributed by atoms with Crippen LogP contribution in [0.25, 0.3) is 6.08 Å². The lowest BCUT2D eigenvalue weighted by molar-refractivity contribution is -0.759. The van der Waals surface area contributed by atoms with Crippen molar-refractivity contribution in [3.63, 3.8) is 0 Å². The van der Waals surface area contributed by atoms with Gasteiger partial charge in [0.05, 0.1) is 23.6 Å². The number of amidine groups is 1. The summed E-state index contributed by atoms with van der Waals surface area (Å²) in [7, 11) is 0. The molecule has 0 spiro atoms. The number of anilines is 1. The molecule has 0 unspecified atom stereocenters. The van der Waals surface area contributed by atoms with Gasteiger partial charge in [0.25, 0.3) is 12.1 Å². The zero-order valence-corrected chi connectivity index (χ0v) is 20.7. The van der Waals surface area contributed by atoms with Crippen molar-refractivity contribution >= 4 is 46.4 Å². The Morgan fingerprint density at radius 2 is 1.97 bits per heavy atom. The summed E-state index contributed by atoms with van der Waals surface area (Å²) in [6.45, 7) is 3.78. The minimum atomic E-state index is -0.402. The number of aliphatic imine (C=N–C) groups is 2. The van der Waals surface area contributed by atoms with Gasteiger partial charge < -0.3 is 5.11 Å². The van der Waals surface area contributed by atoms with E-state index >= 15 is 0 Å². The molecular formula is C26H26N6O3S. The van der Waals surface area contributed by atoms with Crippen molar-refractivity contribution in [2.24, 2.45) is 9.98 Å². The molecule has 0 atom stereocenters. The number of aromatic nitrogens is 2. The average Bonchev–Trinajstić information content (AvgIpc) is 3.48. The molecule has 2 aromatic carbocycles. The van der Waals surface area contributed by atoms with Crippen LogP contribution >= 0.6 is 11.8 Å². The van der Waals surface area contributed by atoms with Crippen LogP contribution in [0.3, 0.4) is 0 Å².